The van der Waals surface area contributed by atoms with E-state index in [2.05, 4.69) is 4.98 Å². The number of nitrogens with zero attached hydrogens (tertiary/aromatic N) is 3. The molecule has 0 saturated carbocycles. The fraction of sp³-hybridized carbons (Fsp3) is 0.125. The number of halogens is 2. The third-order valence-corrected chi connectivity index (χ3v) is 1.70. The summed E-state index contributed by atoms with van der Waals surface area (Å²) in [6, 6.07) is 1.97. The zero-order chi connectivity index (χ0) is 12.3. The number of carbonyl (C=O) groups excluding carboxylic acids is 1. The molecule has 0 amide bonds. The summed E-state index contributed by atoms with van der Waals surface area (Å²) in [6.45, 7) is 0. The van der Waals surface area contributed by atoms with Crippen LogP contribution in [0.5, 0.6) is 0 Å². The van der Waals surface area contributed by atoms with Gasteiger partial charge in [-0.3, -0.25) is 14.9 Å². The first kappa shape index (κ1) is 11.6. The zero-order valence-corrected chi connectivity index (χ0v) is 7.55. The molecule has 16 heavy (non-hydrogen) atoms. The highest BCUT2D eigenvalue weighted by molar-refractivity contribution is 5.79. The van der Waals surface area contributed by atoms with Crippen molar-refractivity contribution in [1.29, 1.82) is 5.26 Å². The van der Waals surface area contributed by atoms with Gasteiger partial charge in [0.2, 0.25) is 0 Å². The molecule has 1 rings (SSSR count). The molecule has 0 unspecified atom stereocenters. The Morgan fingerprint density at radius 3 is 2.62 bits per heavy atom. The van der Waals surface area contributed by atoms with Gasteiger partial charge in [-0.25, -0.2) is 13.8 Å². The fourth-order valence-corrected chi connectivity index (χ4v) is 1.02. The number of aromatic nitrogens is 1. The number of carbonyl (C=O) groups is 1. The van der Waals surface area contributed by atoms with Gasteiger partial charge in [0, 0.05) is 6.07 Å². The quantitative estimate of drug-likeness (QED) is 0.443. The Bertz CT molecular complexity index is 496. The second-order valence-electron chi connectivity index (χ2n) is 2.61. The van der Waals surface area contributed by atoms with Crippen LogP contribution in [-0.2, 0) is 0 Å². The average molecular weight is 227 g/mol. The summed E-state index contributed by atoms with van der Waals surface area (Å²) in [6.07, 6.45) is -3.08. The van der Waals surface area contributed by atoms with Crippen LogP contribution < -0.4 is 0 Å². The summed E-state index contributed by atoms with van der Waals surface area (Å²) in [5, 5.41) is 18.9. The maximum absolute atomic E-state index is 12.4. The molecule has 0 aliphatic heterocycles. The first-order valence-electron chi connectivity index (χ1n) is 3.84. The second-order valence-corrected chi connectivity index (χ2v) is 2.61. The van der Waals surface area contributed by atoms with Crippen molar-refractivity contribution < 1.29 is 18.5 Å². The number of nitro groups is 1. The molecule has 6 nitrogen and oxygen atoms in total. The van der Waals surface area contributed by atoms with Gasteiger partial charge in [-0.05, 0) is 0 Å². The highest BCUT2D eigenvalue weighted by Gasteiger charge is 2.23. The standard InChI is InChI=1S/C8H3F2N3O3/c9-8(10)7-4(2-11)1-6(13(15)16)5(3-14)12-7/h1,3,8H. The van der Waals surface area contributed by atoms with Crippen LogP contribution in [0.2, 0.25) is 0 Å². The number of hydrogen-bond acceptors (Lipinski definition) is 5. The van der Waals surface area contributed by atoms with Crippen LogP contribution >= 0.6 is 0 Å². The topological polar surface area (TPSA) is 96.9 Å². The number of alkyl halides is 2. The number of rotatable bonds is 3. The molecule has 0 N–H and O–H groups in total. The Morgan fingerprint density at radius 1 is 1.62 bits per heavy atom. The third kappa shape index (κ3) is 1.98. The van der Waals surface area contributed by atoms with E-state index in [0.717, 1.165) is 0 Å². The van der Waals surface area contributed by atoms with Gasteiger partial charge in [-0.2, -0.15) is 5.26 Å². The molecule has 0 spiro atoms. The highest BCUT2D eigenvalue weighted by atomic mass is 19.3. The Morgan fingerprint density at radius 2 is 2.25 bits per heavy atom. The van der Waals surface area contributed by atoms with E-state index >= 15 is 0 Å². The molecule has 82 valence electrons. The van der Waals surface area contributed by atoms with E-state index in [1.54, 1.807) is 0 Å². The molecule has 1 aromatic rings. The molecular formula is C8H3F2N3O3. The minimum Gasteiger partial charge on any atom is -0.296 e. The SMILES string of the molecule is N#Cc1cc([N+](=O)[O-])c(C=O)nc1C(F)F. The van der Waals surface area contributed by atoms with Crippen molar-refractivity contribution in [3.05, 3.63) is 33.1 Å². The molecule has 0 fully saturated rings. The van der Waals surface area contributed by atoms with Gasteiger partial charge >= 0.3 is 0 Å². The van der Waals surface area contributed by atoms with Crippen molar-refractivity contribution in [2.75, 3.05) is 0 Å². The number of nitriles is 1. The molecule has 0 bridgehead atoms. The van der Waals surface area contributed by atoms with Crippen molar-refractivity contribution in [3.63, 3.8) is 0 Å². The normalized spacial score (nSPS) is 9.88. The summed E-state index contributed by atoms with van der Waals surface area (Å²) >= 11 is 0. The van der Waals surface area contributed by atoms with Gasteiger partial charge in [0.05, 0.1) is 10.5 Å². The highest BCUT2D eigenvalue weighted by Crippen LogP contribution is 2.25. The largest absolute Gasteiger partial charge is 0.299 e. The molecule has 0 aliphatic rings. The van der Waals surface area contributed by atoms with Crippen molar-refractivity contribution in [3.8, 4) is 6.07 Å². The molecule has 0 atom stereocenters. The lowest BCUT2D eigenvalue weighted by Gasteiger charge is -2.02. The van der Waals surface area contributed by atoms with E-state index in [1.165, 1.54) is 6.07 Å². The van der Waals surface area contributed by atoms with E-state index in [-0.39, 0.29) is 6.29 Å². The van der Waals surface area contributed by atoms with E-state index in [0.29, 0.717) is 6.07 Å². The monoisotopic (exact) mass is 227 g/mol. The van der Waals surface area contributed by atoms with Crippen molar-refractivity contribution in [1.82, 2.24) is 4.98 Å². The fourth-order valence-electron chi connectivity index (χ4n) is 1.02. The van der Waals surface area contributed by atoms with Crippen LogP contribution in [0.15, 0.2) is 6.07 Å². The lowest BCUT2D eigenvalue weighted by molar-refractivity contribution is -0.385. The first-order valence-corrected chi connectivity index (χ1v) is 3.84. The van der Waals surface area contributed by atoms with Gasteiger partial charge in [0.25, 0.3) is 12.1 Å². The number of pyridine rings is 1. The molecule has 0 radical (unpaired) electrons. The van der Waals surface area contributed by atoms with Gasteiger partial charge in [0.15, 0.2) is 12.0 Å². The van der Waals surface area contributed by atoms with Gasteiger partial charge < -0.3 is 0 Å². The summed E-state index contributed by atoms with van der Waals surface area (Å²) in [5.74, 6) is 0. The number of aldehydes is 1. The predicted molar refractivity (Wildman–Crippen MR) is 46.0 cm³/mol. The summed E-state index contributed by atoms with van der Waals surface area (Å²) in [5.41, 5.74) is -3.04. The van der Waals surface area contributed by atoms with Crippen LogP contribution in [0, 0.1) is 21.4 Å². The van der Waals surface area contributed by atoms with Crippen molar-refractivity contribution in [2.24, 2.45) is 0 Å². The minimum absolute atomic E-state index is 0.00876. The Labute approximate surface area is 87.3 Å². The molecule has 1 aromatic heterocycles. The van der Waals surface area contributed by atoms with E-state index in [1.807, 2.05) is 0 Å². The lowest BCUT2D eigenvalue weighted by atomic mass is 10.1. The summed E-state index contributed by atoms with van der Waals surface area (Å²) < 4.78 is 24.7. The van der Waals surface area contributed by atoms with Crippen LogP contribution in [0.4, 0.5) is 14.5 Å². The number of hydrogen-bond donors (Lipinski definition) is 0. The Kier molecular flexibility index (Phi) is 3.20. The van der Waals surface area contributed by atoms with E-state index in [4.69, 9.17) is 5.26 Å². The van der Waals surface area contributed by atoms with Gasteiger partial charge in [0.1, 0.15) is 11.8 Å². The molecule has 1 heterocycles. The van der Waals surface area contributed by atoms with Crippen LogP contribution in [0.25, 0.3) is 0 Å². The molecule has 8 heteroatoms. The van der Waals surface area contributed by atoms with Gasteiger partial charge in [-0.1, -0.05) is 0 Å². The lowest BCUT2D eigenvalue weighted by Crippen LogP contribution is -2.04. The average Bonchev–Trinajstić information content (AvgIpc) is 2.26. The smallest absolute Gasteiger partial charge is 0.296 e. The van der Waals surface area contributed by atoms with Crippen LogP contribution in [0.1, 0.15) is 28.2 Å². The van der Waals surface area contributed by atoms with E-state index < -0.39 is 34.0 Å². The van der Waals surface area contributed by atoms with E-state index in [9.17, 15) is 23.7 Å². The van der Waals surface area contributed by atoms with Gasteiger partial charge in [-0.15, -0.1) is 0 Å². The molecular weight excluding hydrogens is 224 g/mol. The van der Waals surface area contributed by atoms with Crippen molar-refractivity contribution >= 4 is 12.0 Å². The first-order chi connectivity index (χ1) is 7.51. The Hall–Kier alpha value is -2.43. The van der Waals surface area contributed by atoms with Crippen LogP contribution in [0.3, 0.4) is 0 Å². The van der Waals surface area contributed by atoms with Crippen molar-refractivity contribution in [2.45, 2.75) is 6.43 Å². The maximum Gasteiger partial charge on any atom is 0.299 e. The zero-order valence-electron chi connectivity index (χ0n) is 7.55. The molecule has 0 aromatic carbocycles. The molecule has 0 aliphatic carbocycles. The molecule has 0 saturated heterocycles. The summed E-state index contributed by atoms with van der Waals surface area (Å²) in [7, 11) is 0. The Balaban J connectivity index is 3.54. The second kappa shape index (κ2) is 4.39. The minimum atomic E-state index is -3.07. The third-order valence-electron chi connectivity index (χ3n) is 1.70. The summed E-state index contributed by atoms with van der Waals surface area (Å²) in [4.78, 5) is 23.0. The van der Waals surface area contributed by atoms with Crippen LogP contribution in [-0.4, -0.2) is 16.2 Å². The predicted octanol–water partition coefficient (Wildman–Crippen LogP) is 1.61. The maximum atomic E-state index is 12.4.